The third kappa shape index (κ3) is 1.40. The Kier molecular flexibility index (Phi) is 2.40. The van der Waals surface area contributed by atoms with Crippen LogP contribution in [-0.2, 0) is 12.8 Å². The van der Waals surface area contributed by atoms with Gasteiger partial charge >= 0.3 is 0 Å². The van der Waals surface area contributed by atoms with Crippen LogP contribution in [0, 0.1) is 0 Å². The molecule has 0 saturated carbocycles. The van der Waals surface area contributed by atoms with Crippen LogP contribution in [0.15, 0.2) is 0 Å². The summed E-state index contributed by atoms with van der Waals surface area (Å²) in [5.74, 6) is 2.39. The molecule has 4 heteroatoms. The van der Waals surface area contributed by atoms with Crippen molar-refractivity contribution in [2.75, 3.05) is 20.3 Å². The van der Waals surface area contributed by atoms with Crippen molar-refractivity contribution in [2.24, 2.45) is 0 Å². The molecule has 1 aromatic carbocycles. The molecule has 2 aliphatic heterocycles. The number of rotatable bonds is 2. The summed E-state index contributed by atoms with van der Waals surface area (Å²) in [4.78, 5) is 0. The van der Waals surface area contributed by atoms with Crippen LogP contribution in [0.5, 0.6) is 17.2 Å². The number of ether oxygens (including phenoxy) is 3. The van der Waals surface area contributed by atoms with E-state index in [0.29, 0.717) is 13.2 Å². The summed E-state index contributed by atoms with van der Waals surface area (Å²) >= 11 is 0. The maximum Gasteiger partial charge on any atom is 0.168 e. The number of aliphatic hydroxyl groups is 1. The second-order valence-corrected chi connectivity index (χ2v) is 4.44. The normalized spacial score (nSPS) is 18.1. The monoisotopic (exact) mass is 236 g/mol. The number of hydrogen-bond acceptors (Lipinski definition) is 4. The van der Waals surface area contributed by atoms with Crippen molar-refractivity contribution >= 4 is 0 Å². The minimum absolute atomic E-state index is 0.539. The van der Waals surface area contributed by atoms with Gasteiger partial charge in [-0.2, -0.15) is 0 Å². The van der Waals surface area contributed by atoms with E-state index in [-0.39, 0.29) is 0 Å². The molecule has 0 bridgehead atoms. The van der Waals surface area contributed by atoms with E-state index in [0.717, 1.165) is 46.8 Å². The number of benzene rings is 1. The fourth-order valence-corrected chi connectivity index (χ4v) is 2.76. The van der Waals surface area contributed by atoms with Gasteiger partial charge in [0.25, 0.3) is 0 Å². The topological polar surface area (TPSA) is 47.9 Å². The fraction of sp³-hybridized carbons (Fsp3) is 0.538. The highest BCUT2D eigenvalue weighted by Gasteiger charge is 2.33. The lowest BCUT2D eigenvalue weighted by Crippen LogP contribution is -2.02. The lowest BCUT2D eigenvalue weighted by Gasteiger charge is -2.18. The van der Waals surface area contributed by atoms with E-state index in [2.05, 4.69) is 0 Å². The SMILES string of the molecule is COc1c2c(c(C(C)O)c3c1OCC3)OCC2. The zero-order chi connectivity index (χ0) is 12.0. The van der Waals surface area contributed by atoms with Crippen molar-refractivity contribution in [3.8, 4) is 17.2 Å². The molecule has 0 aromatic heterocycles. The van der Waals surface area contributed by atoms with Crippen LogP contribution >= 0.6 is 0 Å². The molecule has 2 heterocycles. The number of hydrogen-bond donors (Lipinski definition) is 1. The molecule has 0 saturated heterocycles. The van der Waals surface area contributed by atoms with Gasteiger partial charge in [0.2, 0.25) is 0 Å². The predicted molar refractivity (Wildman–Crippen MR) is 62.0 cm³/mol. The summed E-state index contributed by atoms with van der Waals surface area (Å²) in [6.45, 7) is 3.06. The van der Waals surface area contributed by atoms with E-state index < -0.39 is 6.10 Å². The third-order valence-corrected chi connectivity index (χ3v) is 3.42. The van der Waals surface area contributed by atoms with Gasteiger partial charge in [0, 0.05) is 29.5 Å². The minimum Gasteiger partial charge on any atom is -0.492 e. The molecule has 92 valence electrons. The smallest absolute Gasteiger partial charge is 0.168 e. The average Bonchev–Trinajstić information content (AvgIpc) is 2.92. The molecule has 4 nitrogen and oxygen atoms in total. The maximum absolute atomic E-state index is 9.94. The van der Waals surface area contributed by atoms with Crippen molar-refractivity contribution in [3.05, 3.63) is 16.7 Å². The molecule has 0 fully saturated rings. The number of fused-ring (bicyclic) bond motifs is 2. The summed E-state index contributed by atoms with van der Waals surface area (Å²) in [5, 5.41) is 9.94. The Morgan fingerprint density at radius 2 is 1.76 bits per heavy atom. The first-order chi connectivity index (χ1) is 8.24. The summed E-state index contributed by atoms with van der Waals surface area (Å²) < 4.78 is 16.8. The second kappa shape index (κ2) is 3.81. The van der Waals surface area contributed by atoms with Gasteiger partial charge in [0.05, 0.1) is 26.4 Å². The summed E-state index contributed by atoms with van der Waals surface area (Å²) in [6.07, 6.45) is 1.08. The van der Waals surface area contributed by atoms with E-state index in [1.807, 2.05) is 0 Å². The molecule has 1 aromatic rings. The first-order valence-electron chi connectivity index (χ1n) is 5.93. The van der Waals surface area contributed by atoms with Crippen LogP contribution in [0.3, 0.4) is 0 Å². The minimum atomic E-state index is -0.539. The zero-order valence-electron chi connectivity index (χ0n) is 10.1. The highest BCUT2D eigenvalue weighted by Crippen LogP contribution is 2.50. The Balaban J connectivity index is 2.30. The third-order valence-electron chi connectivity index (χ3n) is 3.42. The van der Waals surface area contributed by atoms with E-state index in [1.165, 1.54) is 0 Å². The van der Waals surface area contributed by atoms with E-state index in [4.69, 9.17) is 14.2 Å². The Morgan fingerprint density at radius 3 is 2.41 bits per heavy atom. The van der Waals surface area contributed by atoms with Gasteiger partial charge in [-0.05, 0) is 6.92 Å². The first kappa shape index (κ1) is 10.7. The fourth-order valence-electron chi connectivity index (χ4n) is 2.76. The summed E-state index contributed by atoms with van der Waals surface area (Å²) in [7, 11) is 1.65. The van der Waals surface area contributed by atoms with Crippen LogP contribution in [-0.4, -0.2) is 25.4 Å². The zero-order valence-corrected chi connectivity index (χ0v) is 10.1. The largest absolute Gasteiger partial charge is 0.492 e. The molecular formula is C13H16O4. The molecule has 0 aliphatic carbocycles. The quantitative estimate of drug-likeness (QED) is 0.847. The highest BCUT2D eigenvalue weighted by molar-refractivity contribution is 5.66. The maximum atomic E-state index is 9.94. The van der Waals surface area contributed by atoms with Gasteiger partial charge in [-0.1, -0.05) is 0 Å². The van der Waals surface area contributed by atoms with Crippen molar-refractivity contribution in [1.29, 1.82) is 0 Å². The molecule has 3 rings (SSSR count). The predicted octanol–water partition coefficient (Wildman–Crippen LogP) is 1.62. The van der Waals surface area contributed by atoms with Crippen LogP contribution in [0.1, 0.15) is 29.7 Å². The molecule has 17 heavy (non-hydrogen) atoms. The lowest BCUT2D eigenvalue weighted by atomic mass is 9.95. The summed E-state index contributed by atoms with van der Waals surface area (Å²) in [5.41, 5.74) is 2.95. The lowest BCUT2D eigenvalue weighted by molar-refractivity contribution is 0.192. The van der Waals surface area contributed by atoms with Gasteiger partial charge in [0.15, 0.2) is 11.5 Å². The number of aliphatic hydroxyl groups excluding tert-OH is 1. The van der Waals surface area contributed by atoms with Crippen molar-refractivity contribution in [2.45, 2.75) is 25.9 Å². The van der Waals surface area contributed by atoms with Gasteiger partial charge in [0.1, 0.15) is 5.75 Å². The summed E-state index contributed by atoms with van der Waals surface area (Å²) in [6, 6.07) is 0. The second-order valence-electron chi connectivity index (χ2n) is 4.44. The van der Waals surface area contributed by atoms with Gasteiger partial charge < -0.3 is 19.3 Å². The molecule has 0 spiro atoms. The molecule has 1 atom stereocenters. The average molecular weight is 236 g/mol. The highest BCUT2D eigenvalue weighted by atomic mass is 16.5. The molecule has 2 aliphatic rings. The van der Waals surface area contributed by atoms with E-state index in [9.17, 15) is 5.11 Å². The standard InChI is InChI=1S/C13H16O4/c1-7(14)10-8-3-5-17-13(8)12(15-2)9-4-6-16-11(9)10/h7,14H,3-6H2,1-2H3. The Hall–Kier alpha value is -1.42. The molecule has 1 unspecified atom stereocenters. The Labute approximate surface area is 100 Å². The Bertz CT molecular complexity index is 430. The number of methoxy groups -OCH3 is 1. The van der Waals surface area contributed by atoms with Crippen molar-refractivity contribution < 1.29 is 19.3 Å². The van der Waals surface area contributed by atoms with E-state index in [1.54, 1.807) is 14.0 Å². The van der Waals surface area contributed by atoms with Gasteiger partial charge in [-0.3, -0.25) is 0 Å². The molecule has 0 amide bonds. The van der Waals surface area contributed by atoms with Gasteiger partial charge in [-0.15, -0.1) is 0 Å². The van der Waals surface area contributed by atoms with Crippen LogP contribution < -0.4 is 14.2 Å². The molecule has 0 radical (unpaired) electrons. The van der Waals surface area contributed by atoms with Crippen LogP contribution in [0.2, 0.25) is 0 Å². The van der Waals surface area contributed by atoms with Crippen LogP contribution in [0.25, 0.3) is 0 Å². The van der Waals surface area contributed by atoms with Crippen molar-refractivity contribution in [3.63, 3.8) is 0 Å². The van der Waals surface area contributed by atoms with E-state index >= 15 is 0 Å². The Morgan fingerprint density at radius 1 is 1.12 bits per heavy atom. The molecule has 1 N–H and O–H groups in total. The van der Waals surface area contributed by atoms with Crippen LogP contribution in [0.4, 0.5) is 0 Å². The first-order valence-corrected chi connectivity index (χ1v) is 5.93. The van der Waals surface area contributed by atoms with Crippen molar-refractivity contribution in [1.82, 2.24) is 0 Å². The van der Waals surface area contributed by atoms with Gasteiger partial charge in [-0.25, -0.2) is 0 Å². The molecular weight excluding hydrogens is 220 g/mol.